The number of halogens is 2. The highest BCUT2D eigenvalue weighted by Crippen LogP contribution is 2.32. The Morgan fingerprint density at radius 1 is 1.00 bits per heavy atom. The predicted molar refractivity (Wildman–Crippen MR) is 140 cm³/mol. The van der Waals surface area contributed by atoms with Crippen molar-refractivity contribution in [2.24, 2.45) is 0 Å². The molecule has 0 unspecified atom stereocenters. The van der Waals surface area contributed by atoms with Crippen LogP contribution in [-0.2, 0) is 11.3 Å². The maximum absolute atomic E-state index is 11.9. The number of hydrogen-bond acceptors (Lipinski definition) is 3. The fourth-order valence-electron chi connectivity index (χ4n) is 4.22. The van der Waals surface area contributed by atoms with Gasteiger partial charge in [-0.25, -0.2) is 0 Å². The van der Waals surface area contributed by atoms with E-state index in [4.69, 9.17) is 27.9 Å². The molecule has 1 amide bonds. The van der Waals surface area contributed by atoms with Gasteiger partial charge >= 0.3 is 0 Å². The molecule has 0 aromatic heterocycles. The predicted octanol–water partition coefficient (Wildman–Crippen LogP) is 7.68. The number of hydrogen-bond donors (Lipinski definition) is 1. The molecule has 1 aliphatic heterocycles. The lowest BCUT2D eigenvalue weighted by molar-refractivity contribution is -0.112. The molecule has 176 valence electrons. The second kappa shape index (κ2) is 11.1. The normalized spacial score (nSPS) is 14.6. The lowest BCUT2D eigenvalue weighted by Gasteiger charge is -2.32. The summed E-state index contributed by atoms with van der Waals surface area (Å²) in [5, 5.41) is 4.01. The first kappa shape index (κ1) is 24.3. The molecule has 3 aromatic carbocycles. The van der Waals surface area contributed by atoms with Crippen LogP contribution in [0.4, 0.5) is 5.69 Å². The zero-order valence-electron chi connectivity index (χ0n) is 19.2. The monoisotopic (exact) mass is 494 g/mol. The topological polar surface area (TPSA) is 41.6 Å². The van der Waals surface area contributed by atoms with Crippen LogP contribution in [0, 0.1) is 0 Å². The van der Waals surface area contributed by atoms with Crippen LogP contribution in [0.5, 0.6) is 11.5 Å². The van der Waals surface area contributed by atoms with Crippen LogP contribution in [0.3, 0.4) is 0 Å². The van der Waals surface area contributed by atoms with E-state index in [2.05, 4.69) is 41.1 Å². The van der Waals surface area contributed by atoms with Crippen molar-refractivity contribution >= 4 is 34.8 Å². The third-order valence-electron chi connectivity index (χ3n) is 5.97. The summed E-state index contributed by atoms with van der Waals surface area (Å²) in [6, 6.07) is 21.5. The number of nitrogens with one attached hydrogen (secondary N) is 1. The Balaban J connectivity index is 1.33. The number of rotatable bonds is 7. The van der Waals surface area contributed by atoms with Crippen molar-refractivity contribution in [3.8, 4) is 11.5 Å². The van der Waals surface area contributed by atoms with E-state index in [9.17, 15) is 4.79 Å². The van der Waals surface area contributed by atoms with Crippen molar-refractivity contribution in [1.82, 2.24) is 4.90 Å². The van der Waals surface area contributed by atoms with E-state index < -0.39 is 0 Å². The van der Waals surface area contributed by atoms with Crippen LogP contribution in [0.2, 0.25) is 10.0 Å². The number of benzene rings is 3. The summed E-state index contributed by atoms with van der Waals surface area (Å²) in [6.07, 6.45) is 2.16. The minimum atomic E-state index is -0.142. The molecule has 0 saturated carbocycles. The number of ether oxygens (including phenoxy) is 1. The molecule has 3 aromatic rings. The minimum absolute atomic E-state index is 0.142. The summed E-state index contributed by atoms with van der Waals surface area (Å²) in [5.41, 5.74) is 3.80. The Morgan fingerprint density at radius 2 is 1.71 bits per heavy atom. The van der Waals surface area contributed by atoms with Crippen LogP contribution in [0.1, 0.15) is 36.8 Å². The Kier molecular flexibility index (Phi) is 7.94. The van der Waals surface area contributed by atoms with E-state index in [1.807, 2.05) is 24.3 Å². The van der Waals surface area contributed by atoms with Crippen LogP contribution in [0.15, 0.2) is 78.9 Å². The molecule has 6 heteroatoms. The van der Waals surface area contributed by atoms with Crippen molar-refractivity contribution in [3.05, 3.63) is 100 Å². The van der Waals surface area contributed by atoms with Crippen LogP contribution >= 0.6 is 23.2 Å². The molecule has 0 atom stereocenters. The average molecular weight is 495 g/mol. The van der Waals surface area contributed by atoms with Gasteiger partial charge in [-0.05, 0) is 92.4 Å². The van der Waals surface area contributed by atoms with Gasteiger partial charge in [-0.1, -0.05) is 54.0 Å². The Hall–Kier alpha value is -2.79. The first-order valence-corrected chi connectivity index (χ1v) is 12.1. The molecule has 0 radical (unpaired) electrons. The van der Waals surface area contributed by atoms with Crippen molar-refractivity contribution in [2.45, 2.75) is 32.2 Å². The van der Waals surface area contributed by atoms with Crippen LogP contribution in [-0.4, -0.2) is 23.9 Å². The fraction of sp³-hybridized carbons (Fsp3) is 0.250. The molecule has 1 fully saturated rings. The smallest absolute Gasteiger partial charge is 0.250 e. The van der Waals surface area contributed by atoms with Crippen LogP contribution < -0.4 is 10.1 Å². The quantitative estimate of drug-likeness (QED) is 0.342. The van der Waals surface area contributed by atoms with Gasteiger partial charge < -0.3 is 10.1 Å². The van der Waals surface area contributed by atoms with E-state index in [-0.39, 0.29) is 5.91 Å². The SMILES string of the molecule is C=C(C)C(=O)Nc1cccc(C2CCN(Cc3cccc(Oc4cc(Cl)cc(Cl)c4)c3)CC2)c1. The fourth-order valence-corrected chi connectivity index (χ4v) is 4.73. The number of piperidine rings is 1. The summed E-state index contributed by atoms with van der Waals surface area (Å²) < 4.78 is 5.98. The van der Waals surface area contributed by atoms with E-state index in [0.717, 1.165) is 43.9 Å². The molecule has 4 rings (SSSR count). The largest absolute Gasteiger partial charge is 0.457 e. The van der Waals surface area contributed by atoms with Crippen molar-refractivity contribution in [2.75, 3.05) is 18.4 Å². The first-order chi connectivity index (χ1) is 16.4. The number of carbonyl (C=O) groups is 1. The summed E-state index contributed by atoms with van der Waals surface area (Å²) in [4.78, 5) is 14.4. The van der Waals surface area contributed by atoms with Gasteiger partial charge in [0.05, 0.1) is 0 Å². The Morgan fingerprint density at radius 3 is 2.41 bits per heavy atom. The highest BCUT2D eigenvalue weighted by molar-refractivity contribution is 6.34. The second-order valence-corrected chi connectivity index (χ2v) is 9.64. The van der Waals surface area contributed by atoms with E-state index in [0.29, 0.717) is 27.3 Å². The molecular formula is C28H28Cl2N2O2. The van der Waals surface area contributed by atoms with Crippen molar-refractivity contribution < 1.29 is 9.53 Å². The minimum Gasteiger partial charge on any atom is -0.457 e. The van der Waals surface area contributed by atoms with Gasteiger partial charge in [0.1, 0.15) is 11.5 Å². The van der Waals surface area contributed by atoms with E-state index >= 15 is 0 Å². The highest BCUT2D eigenvalue weighted by atomic mass is 35.5. The van der Waals surface area contributed by atoms with Gasteiger partial charge in [-0.15, -0.1) is 0 Å². The van der Waals surface area contributed by atoms with Gasteiger partial charge in [0.25, 0.3) is 5.91 Å². The third-order valence-corrected chi connectivity index (χ3v) is 6.40. The number of amides is 1. The maximum atomic E-state index is 11.9. The second-order valence-electron chi connectivity index (χ2n) is 8.76. The molecule has 0 spiro atoms. The van der Waals surface area contributed by atoms with Gasteiger partial charge in [-0.3, -0.25) is 9.69 Å². The van der Waals surface area contributed by atoms with Crippen molar-refractivity contribution in [1.29, 1.82) is 0 Å². The molecule has 1 aliphatic rings. The summed E-state index contributed by atoms with van der Waals surface area (Å²) in [7, 11) is 0. The lowest BCUT2D eigenvalue weighted by atomic mass is 9.89. The molecule has 34 heavy (non-hydrogen) atoms. The lowest BCUT2D eigenvalue weighted by Crippen LogP contribution is -2.32. The molecular weight excluding hydrogens is 467 g/mol. The Labute approximate surface area is 211 Å². The standard InChI is InChI=1S/C28H28Cl2N2O2/c1-19(2)28(33)31-25-7-4-6-22(14-25)21-9-11-32(12-10-21)18-20-5-3-8-26(13-20)34-27-16-23(29)15-24(30)17-27/h3-8,13-17,21H,1,9-12,18H2,2H3,(H,31,33). The van der Waals surface area contributed by atoms with Gasteiger partial charge in [0, 0.05) is 27.9 Å². The summed E-state index contributed by atoms with van der Waals surface area (Å²) in [6.45, 7) is 8.32. The maximum Gasteiger partial charge on any atom is 0.250 e. The van der Waals surface area contributed by atoms with Gasteiger partial charge in [-0.2, -0.15) is 0 Å². The molecule has 0 aliphatic carbocycles. The summed E-state index contributed by atoms with van der Waals surface area (Å²) in [5.74, 6) is 1.73. The first-order valence-electron chi connectivity index (χ1n) is 11.4. The zero-order valence-corrected chi connectivity index (χ0v) is 20.7. The number of carbonyl (C=O) groups excluding carboxylic acids is 1. The Bertz CT molecular complexity index is 1170. The van der Waals surface area contributed by atoms with Crippen LogP contribution in [0.25, 0.3) is 0 Å². The summed E-state index contributed by atoms with van der Waals surface area (Å²) >= 11 is 12.2. The molecule has 1 N–H and O–H groups in total. The molecule has 1 saturated heterocycles. The average Bonchev–Trinajstić information content (AvgIpc) is 2.79. The number of nitrogens with zero attached hydrogens (tertiary/aromatic N) is 1. The van der Waals surface area contributed by atoms with Crippen molar-refractivity contribution in [3.63, 3.8) is 0 Å². The number of likely N-dealkylation sites (tertiary alicyclic amines) is 1. The molecule has 1 heterocycles. The van der Waals surface area contributed by atoms with Gasteiger partial charge in [0.2, 0.25) is 0 Å². The zero-order chi connectivity index (χ0) is 24.1. The third kappa shape index (κ3) is 6.63. The highest BCUT2D eigenvalue weighted by Gasteiger charge is 2.21. The molecule has 0 bridgehead atoms. The van der Waals surface area contributed by atoms with E-state index in [1.165, 1.54) is 11.1 Å². The molecule has 4 nitrogen and oxygen atoms in total. The van der Waals surface area contributed by atoms with E-state index in [1.54, 1.807) is 25.1 Å². The number of anilines is 1. The van der Waals surface area contributed by atoms with Gasteiger partial charge in [0.15, 0.2) is 0 Å².